The Morgan fingerprint density at radius 2 is 2.21 bits per heavy atom. The fraction of sp³-hybridized carbons (Fsp3) is 0.900. The average molecular weight is 198 g/mol. The van der Waals surface area contributed by atoms with Crippen molar-refractivity contribution in [1.82, 2.24) is 10.2 Å². The van der Waals surface area contributed by atoms with Crippen LogP contribution in [-0.2, 0) is 4.79 Å². The van der Waals surface area contributed by atoms with Crippen LogP contribution in [-0.4, -0.2) is 48.2 Å². The van der Waals surface area contributed by atoms with Crippen LogP contribution in [0.2, 0.25) is 0 Å². The lowest BCUT2D eigenvalue weighted by Crippen LogP contribution is -2.55. The zero-order chi connectivity index (χ0) is 10.1. The largest absolute Gasteiger partial charge is 0.393 e. The van der Waals surface area contributed by atoms with Gasteiger partial charge in [-0.25, -0.2) is 0 Å². The second-order valence-electron chi connectivity index (χ2n) is 4.47. The Morgan fingerprint density at radius 3 is 2.71 bits per heavy atom. The molecule has 2 aliphatic rings. The number of likely N-dealkylation sites (tertiary alicyclic amines) is 1. The summed E-state index contributed by atoms with van der Waals surface area (Å²) in [7, 11) is 0. The molecule has 0 aliphatic carbocycles. The number of rotatable bonds is 1. The predicted octanol–water partition coefficient (Wildman–Crippen LogP) is -0.565. The smallest absolute Gasteiger partial charge is 0.228 e. The Kier molecular flexibility index (Phi) is 2.74. The molecule has 2 saturated heterocycles. The van der Waals surface area contributed by atoms with E-state index < -0.39 is 0 Å². The van der Waals surface area contributed by atoms with Gasteiger partial charge in [-0.2, -0.15) is 0 Å². The topological polar surface area (TPSA) is 52.6 Å². The molecule has 0 aromatic heterocycles. The maximum Gasteiger partial charge on any atom is 0.228 e. The summed E-state index contributed by atoms with van der Waals surface area (Å²) in [5.74, 6) is 0.681. The van der Waals surface area contributed by atoms with Crippen LogP contribution < -0.4 is 5.32 Å². The van der Waals surface area contributed by atoms with Gasteiger partial charge in [-0.3, -0.25) is 4.79 Å². The molecule has 2 rings (SSSR count). The van der Waals surface area contributed by atoms with Gasteiger partial charge in [-0.15, -0.1) is 0 Å². The molecule has 2 N–H and O–H groups in total. The number of nitrogens with one attached hydrogen (secondary N) is 1. The number of carbonyl (C=O) groups excluding carboxylic acids is 1. The Morgan fingerprint density at radius 1 is 1.50 bits per heavy atom. The van der Waals surface area contributed by atoms with Crippen LogP contribution in [0.3, 0.4) is 0 Å². The fourth-order valence-corrected chi connectivity index (χ4v) is 2.05. The van der Waals surface area contributed by atoms with Crippen LogP contribution in [0.15, 0.2) is 0 Å². The minimum atomic E-state index is -0.224. The molecule has 0 spiro atoms. The van der Waals surface area contributed by atoms with Gasteiger partial charge >= 0.3 is 0 Å². The zero-order valence-electron chi connectivity index (χ0n) is 8.57. The number of hydrogen-bond donors (Lipinski definition) is 2. The summed E-state index contributed by atoms with van der Waals surface area (Å²) in [6, 6.07) is 0. The van der Waals surface area contributed by atoms with Gasteiger partial charge in [-0.1, -0.05) is 6.92 Å². The van der Waals surface area contributed by atoms with Crippen molar-refractivity contribution in [1.29, 1.82) is 0 Å². The molecule has 80 valence electrons. The molecule has 14 heavy (non-hydrogen) atoms. The van der Waals surface area contributed by atoms with E-state index in [1.54, 1.807) is 0 Å². The molecule has 0 aromatic rings. The van der Waals surface area contributed by atoms with Crippen molar-refractivity contribution >= 4 is 5.91 Å². The minimum absolute atomic E-state index is 0.192. The Labute approximate surface area is 84.3 Å². The third-order valence-electron chi connectivity index (χ3n) is 3.30. The summed E-state index contributed by atoms with van der Waals surface area (Å²) in [6.45, 7) is 5.10. The fourth-order valence-electron chi connectivity index (χ4n) is 2.05. The van der Waals surface area contributed by atoms with Gasteiger partial charge in [0, 0.05) is 26.2 Å². The number of aliphatic hydroxyl groups excluding tert-OH is 1. The third-order valence-corrected chi connectivity index (χ3v) is 3.30. The number of piperidine rings is 1. The highest BCUT2D eigenvalue weighted by Crippen LogP contribution is 2.19. The Balaban J connectivity index is 1.88. The molecule has 4 heteroatoms. The normalized spacial score (nSPS) is 34.0. The first-order valence-electron chi connectivity index (χ1n) is 5.36. The first-order valence-corrected chi connectivity index (χ1v) is 5.36. The third kappa shape index (κ3) is 1.77. The van der Waals surface area contributed by atoms with Gasteiger partial charge in [0.2, 0.25) is 5.91 Å². The van der Waals surface area contributed by atoms with Gasteiger partial charge in [0.1, 0.15) is 0 Å². The number of aliphatic hydroxyl groups is 1. The van der Waals surface area contributed by atoms with Crippen LogP contribution in [0.1, 0.15) is 13.3 Å². The van der Waals surface area contributed by atoms with Crippen molar-refractivity contribution in [3.63, 3.8) is 0 Å². The molecule has 4 nitrogen and oxygen atoms in total. The van der Waals surface area contributed by atoms with E-state index in [2.05, 4.69) is 5.32 Å². The van der Waals surface area contributed by atoms with E-state index in [4.69, 9.17) is 0 Å². The summed E-state index contributed by atoms with van der Waals surface area (Å²) in [6.07, 6.45) is 0.506. The summed E-state index contributed by atoms with van der Waals surface area (Å²) >= 11 is 0. The lowest BCUT2D eigenvalue weighted by molar-refractivity contribution is -0.140. The molecule has 2 fully saturated rings. The summed E-state index contributed by atoms with van der Waals surface area (Å²) in [5, 5.41) is 12.6. The average Bonchev–Trinajstić information content (AvgIpc) is 2.06. The second-order valence-corrected chi connectivity index (χ2v) is 4.47. The number of nitrogens with zero attached hydrogens (tertiary/aromatic N) is 1. The van der Waals surface area contributed by atoms with Crippen molar-refractivity contribution in [2.75, 3.05) is 26.2 Å². The first-order chi connectivity index (χ1) is 6.68. The first kappa shape index (κ1) is 9.93. The van der Waals surface area contributed by atoms with E-state index >= 15 is 0 Å². The lowest BCUT2D eigenvalue weighted by Gasteiger charge is -2.38. The molecule has 1 amide bonds. The highest BCUT2D eigenvalue weighted by molar-refractivity contribution is 5.80. The van der Waals surface area contributed by atoms with Gasteiger partial charge in [0.25, 0.3) is 0 Å². The van der Waals surface area contributed by atoms with E-state index in [0.29, 0.717) is 0 Å². The van der Waals surface area contributed by atoms with E-state index in [0.717, 1.165) is 32.6 Å². The number of hydrogen-bond acceptors (Lipinski definition) is 3. The Hall–Kier alpha value is -0.610. The summed E-state index contributed by atoms with van der Waals surface area (Å²) < 4.78 is 0. The van der Waals surface area contributed by atoms with Crippen LogP contribution in [0.4, 0.5) is 0 Å². The maximum atomic E-state index is 11.8. The van der Waals surface area contributed by atoms with Crippen molar-refractivity contribution < 1.29 is 9.90 Å². The standard InChI is InChI=1S/C10H18N2O2/c1-7-6-12(3-2-9(7)13)10(14)8-4-11-5-8/h7-9,11,13H,2-6H2,1H3. The van der Waals surface area contributed by atoms with Crippen molar-refractivity contribution in [2.45, 2.75) is 19.4 Å². The van der Waals surface area contributed by atoms with Crippen molar-refractivity contribution in [3.8, 4) is 0 Å². The maximum absolute atomic E-state index is 11.8. The molecule has 2 atom stereocenters. The highest BCUT2D eigenvalue weighted by Gasteiger charge is 2.33. The van der Waals surface area contributed by atoms with Crippen LogP contribution in [0, 0.1) is 11.8 Å². The molecule has 0 saturated carbocycles. The second kappa shape index (κ2) is 3.87. The molecular weight excluding hydrogens is 180 g/mol. The summed E-state index contributed by atoms with van der Waals surface area (Å²) in [4.78, 5) is 13.7. The van der Waals surface area contributed by atoms with Gasteiger partial charge in [0.05, 0.1) is 12.0 Å². The van der Waals surface area contributed by atoms with Crippen molar-refractivity contribution in [3.05, 3.63) is 0 Å². The van der Waals surface area contributed by atoms with Crippen LogP contribution in [0.25, 0.3) is 0 Å². The van der Waals surface area contributed by atoms with E-state index in [9.17, 15) is 9.90 Å². The van der Waals surface area contributed by atoms with Crippen molar-refractivity contribution in [2.24, 2.45) is 11.8 Å². The van der Waals surface area contributed by atoms with Gasteiger partial charge in [-0.05, 0) is 12.3 Å². The minimum Gasteiger partial charge on any atom is -0.393 e. The zero-order valence-corrected chi connectivity index (χ0v) is 8.57. The molecule has 2 unspecified atom stereocenters. The molecule has 0 radical (unpaired) electrons. The molecule has 2 aliphatic heterocycles. The van der Waals surface area contributed by atoms with Crippen LogP contribution >= 0.6 is 0 Å². The van der Waals surface area contributed by atoms with E-state index in [1.165, 1.54) is 0 Å². The quantitative estimate of drug-likeness (QED) is 0.593. The van der Waals surface area contributed by atoms with E-state index in [-0.39, 0.29) is 23.8 Å². The van der Waals surface area contributed by atoms with Crippen LogP contribution in [0.5, 0.6) is 0 Å². The summed E-state index contributed by atoms with van der Waals surface area (Å²) in [5.41, 5.74) is 0. The monoisotopic (exact) mass is 198 g/mol. The molecular formula is C10H18N2O2. The van der Waals surface area contributed by atoms with E-state index in [1.807, 2.05) is 11.8 Å². The van der Waals surface area contributed by atoms with Gasteiger partial charge in [0.15, 0.2) is 0 Å². The molecule has 0 aromatic carbocycles. The van der Waals surface area contributed by atoms with Gasteiger partial charge < -0.3 is 15.3 Å². The number of carbonyl (C=O) groups is 1. The highest BCUT2D eigenvalue weighted by atomic mass is 16.3. The lowest BCUT2D eigenvalue weighted by atomic mass is 9.94. The number of amides is 1. The Bertz CT molecular complexity index is 228. The molecule has 0 bridgehead atoms. The molecule has 2 heterocycles. The SMILES string of the molecule is CC1CN(C(=O)C2CNC2)CCC1O. The predicted molar refractivity (Wildman–Crippen MR) is 52.7 cm³/mol.